The molecule has 2 heterocycles. The molecule has 10 nitrogen and oxygen atoms in total. The number of rotatable bonds is 10. The topological polar surface area (TPSA) is 126 Å². The molecule has 1 atom stereocenters. The van der Waals surface area contributed by atoms with Crippen molar-refractivity contribution in [2.24, 2.45) is 0 Å². The molecule has 0 aliphatic carbocycles. The summed E-state index contributed by atoms with van der Waals surface area (Å²) in [5.41, 5.74) is 0.758. The molecule has 0 saturated heterocycles. The number of amides is 1. The molecule has 1 aliphatic heterocycles. The molecule has 0 unspecified atom stereocenters. The standard InChI is InChI=1S/C30H29NO9/c1-4-37-23-11-17(9-10-22(23)35-2)15-31-26(32)14-20(18-12-24(36-3)29-25(13-18)38-16-39-29)27-28(33)19-7-5-6-8-21(19)40-30(27)34/h5-13,20,33H,4,14-16H2,1-3H3,(H,31,32)/t20-/m1/s1. The zero-order valence-electron chi connectivity index (χ0n) is 22.3. The highest BCUT2D eigenvalue weighted by molar-refractivity contribution is 5.85. The Bertz CT molecular complexity index is 1610. The third-order valence-corrected chi connectivity index (χ3v) is 6.66. The van der Waals surface area contributed by atoms with Crippen molar-refractivity contribution in [1.82, 2.24) is 5.32 Å². The lowest BCUT2D eigenvalue weighted by molar-refractivity contribution is -0.121. The van der Waals surface area contributed by atoms with E-state index in [-0.39, 0.29) is 42.6 Å². The molecule has 0 spiro atoms. The smallest absolute Gasteiger partial charge is 0.343 e. The normalized spacial score (nSPS) is 12.7. The van der Waals surface area contributed by atoms with Gasteiger partial charge in [0.15, 0.2) is 23.0 Å². The molecular formula is C30H29NO9. The Morgan fingerprint density at radius 3 is 2.60 bits per heavy atom. The summed E-state index contributed by atoms with van der Waals surface area (Å²) >= 11 is 0. The second-order valence-electron chi connectivity index (χ2n) is 9.06. The van der Waals surface area contributed by atoms with Gasteiger partial charge in [-0.1, -0.05) is 18.2 Å². The average molecular weight is 548 g/mol. The first kappa shape index (κ1) is 26.7. The van der Waals surface area contributed by atoms with Gasteiger partial charge in [0.2, 0.25) is 18.4 Å². The number of ether oxygens (including phenoxy) is 5. The summed E-state index contributed by atoms with van der Waals surface area (Å²) in [7, 11) is 3.04. The van der Waals surface area contributed by atoms with E-state index in [0.29, 0.717) is 46.3 Å². The van der Waals surface area contributed by atoms with Gasteiger partial charge in [0, 0.05) is 18.9 Å². The highest BCUT2D eigenvalue weighted by Crippen LogP contribution is 2.46. The van der Waals surface area contributed by atoms with Crippen molar-refractivity contribution in [3.63, 3.8) is 0 Å². The Morgan fingerprint density at radius 2 is 1.82 bits per heavy atom. The van der Waals surface area contributed by atoms with E-state index in [9.17, 15) is 14.7 Å². The number of fused-ring (bicyclic) bond motifs is 2. The third kappa shape index (κ3) is 5.20. The molecule has 1 amide bonds. The highest BCUT2D eigenvalue weighted by atomic mass is 16.7. The van der Waals surface area contributed by atoms with Gasteiger partial charge in [0.05, 0.1) is 31.8 Å². The largest absolute Gasteiger partial charge is 0.507 e. The van der Waals surface area contributed by atoms with Crippen molar-refractivity contribution in [3.8, 4) is 34.5 Å². The summed E-state index contributed by atoms with van der Waals surface area (Å²) in [5, 5.41) is 14.5. The number of para-hydroxylation sites is 1. The van der Waals surface area contributed by atoms with E-state index in [0.717, 1.165) is 5.56 Å². The van der Waals surface area contributed by atoms with Crippen LogP contribution >= 0.6 is 0 Å². The van der Waals surface area contributed by atoms with Crippen LogP contribution in [0.4, 0.5) is 0 Å². The fraction of sp³-hybridized carbons (Fsp3) is 0.267. The first-order valence-corrected chi connectivity index (χ1v) is 12.7. The number of methoxy groups -OCH3 is 2. The van der Waals surface area contributed by atoms with Crippen molar-refractivity contribution in [3.05, 3.63) is 81.7 Å². The van der Waals surface area contributed by atoms with Crippen LogP contribution in [-0.4, -0.2) is 38.6 Å². The van der Waals surface area contributed by atoms with Crippen LogP contribution in [0.3, 0.4) is 0 Å². The summed E-state index contributed by atoms with van der Waals surface area (Å²) in [5.74, 6) is 0.869. The minimum absolute atomic E-state index is 0.00918. The van der Waals surface area contributed by atoms with Gasteiger partial charge in [-0.25, -0.2) is 4.79 Å². The summed E-state index contributed by atoms with van der Waals surface area (Å²) in [6.45, 7) is 2.55. The Hall–Kier alpha value is -4.86. The zero-order valence-corrected chi connectivity index (χ0v) is 22.3. The number of aromatic hydroxyl groups is 1. The molecule has 10 heteroatoms. The predicted molar refractivity (Wildman–Crippen MR) is 146 cm³/mol. The van der Waals surface area contributed by atoms with E-state index < -0.39 is 11.5 Å². The second kappa shape index (κ2) is 11.5. The van der Waals surface area contributed by atoms with Crippen LogP contribution in [0.5, 0.6) is 34.5 Å². The first-order valence-electron chi connectivity index (χ1n) is 12.7. The molecule has 4 aromatic rings. The number of carbonyl (C=O) groups excluding carboxylic acids is 1. The van der Waals surface area contributed by atoms with Crippen LogP contribution in [0, 0.1) is 0 Å². The molecular weight excluding hydrogens is 518 g/mol. The van der Waals surface area contributed by atoms with E-state index in [2.05, 4.69) is 5.32 Å². The Balaban J connectivity index is 1.50. The van der Waals surface area contributed by atoms with Crippen molar-refractivity contribution >= 4 is 16.9 Å². The van der Waals surface area contributed by atoms with Crippen LogP contribution in [0.25, 0.3) is 11.0 Å². The minimum atomic E-state index is -0.890. The summed E-state index contributed by atoms with van der Waals surface area (Å²) in [6.07, 6.45) is -0.173. The molecule has 1 aliphatic rings. The molecule has 3 aromatic carbocycles. The third-order valence-electron chi connectivity index (χ3n) is 6.66. The summed E-state index contributed by atoms with van der Waals surface area (Å²) < 4.78 is 33.0. The van der Waals surface area contributed by atoms with Crippen LogP contribution in [-0.2, 0) is 11.3 Å². The molecule has 5 rings (SSSR count). The van der Waals surface area contributed by atoms with Gasteiger partial charge in [0.25, 0.3) is 0 Å². The number of hydrogen-bond donors (Lipinski definition) is 2. The Morgan fingerprint density at radius 1 is 1.02 bits per heavy atom. The van der Waals surface area contributed by atoms with E-state index in [4.69, 9.17) is 28.1 Å². The Kier molecular flexibility index (Phi) is 7.68. The van der Waals surface area contributed by atoms with Gasteiger partial charge >= 0.3 is 5.63 Å². The van der Waals surface area contributed by atoms with Crippen LogP contribution in [0.15, 0.2) is 63.8 Å². The van der Waals surface area contributed by atoms with E-state index >= 15 is 0 Å². The van der Waals surface area contributed by atoms with E-state index in [1.54, 1.807) is 55.6 Å². The average Bonchev–Trinajstić information content (AvgIpc) is 3.44. The van der Waals surface area contributed by atoms with Crippen LogP contribution < -0.4 is 34.6 Å². The predicted octanol–water partition coefficient (Wildman–Crippen LogP) is 4.48. The van der Waals surface area contributed by atoms with Gasteiger partial charge in [-0.3, -0.25) is 4.79 Å². The van der Waals surface area contributed by atoms with Gasteiger partial charge in [0.1, 0.15) is 11.3 Å². The van der Waals surface area contributed by atoms with Gasteiger partial charge in [-0.15, -0.1) is 0 Å². The molecule has 40 heavy (non-hydrogen) atoms. The first-order chi connectivity index (χ1) is 19.4. The maximum Gasteiger partial charge on any atom is 0.343 e. The van der Waals surface area contributed by atoms with Crippen molar-refractivity contribution in [2.75, 3.05) is 27.6 Å². The number of carbonyl (C=O) groups is 1. The molecule has 0 fully saturated rings. The molecule has 1 aromatic heterocycles. The molecule has 0 saturated carbocycles. The molecule has 0 bridgehead atoms. The fourth-order valence-electron chi connectivity index (χ4n) is 4.75. The zero-order chi connectivity index (χ0) is 28.2. The van der Waals surface area contributed by atoms with Crippen molar-refractivity contribution < 1.29 is 38.0 Å². The summed E-state index contributed by atoms with van der Waals surface area (Å²) in [6, 6.07) is 15.4. The van der Waals surface area contributed by atoms with Crippen molar-refractivity contribution in [1.29, 1.82) is 0 Å². The maximum atomic E-state index is 13.3. The monoisotopic (exact) mass is 547 g/mol. The quantitative estimate of drug-likeness (QED) is 0.276. The van der Waals surface area contributed by atoms with Crippen molar-refractivity contribution in [2.45, 2.75) is 25.8 Å². The fourth-order valence-corrected chi connectivity index (χ4v) is 4.75. The van der Waals surface area contributed by atoms with E-state index in [1.165, 1.54) is 7.11 Å². The number of hydrogen-bond acceptors (Lipinski definition) is 9. The highest BCUT2D eigenvalue weighted by Gasteiger charge is 2.30. The maximum absolute atomic E-state index is 13.3. The molecule has 2 N–H and O–H groups in total. The van der Waals surface area contributed by atoms with Gasteiger partial charge in [-0.2, -0.15) is 0 Å². The van der Waals surface area contributed by atoms with Gasteiger partial charge < -0.3 is 38.5 Å². The van der Waals surface area contributed by atoms with E-state index in [1.807, 2.05) is 13.0 Å². The minimum Gasteiger partial charge on any atom is -0.507 e. The lowest BCUT2D eigenvalue weighted by Crippen LogP contribution is -2.26. The molecule has 208 valence electrons. The van der Waals surface area contributed by atoms with Gasteiger partial charge in [-0.05, 0) is 54.4 Å². The lowest BCUT2D eigenvalue weighted by atomic mass is 9.87. The lowest BCUT2D eigenvalue weighted by Gasteiger charge is -2.20. The number of nitrogens with one attached hydrogen (secondary N) is 1. The summed E-state index contributed by atoms with van der Waals surface area (Å²) in [4.78, 5) is 26.5. The second-order valence-corrected chi connectivity index (χ2v) is 9.06. The molecule has 0 radical (unpaired) electrons. The van der Waals surface area contributed by atoms with Crippen LogP contribution in [0.2, 0.25) is 0 Å². The van der Waals surface area contributed by atoms with Crippen LogP contribution in [0.1, 0.15) is 36.0 Å². The number of benzene rings is 3. The SMILES string of the molecule is CCOc1cc(CNC(=O)C[C@H](c2cc(OC)c3c(c2)OCO3)c2c(O)c3ccccc3oc2=O)ccc1OC. The Labute approximate surface area is 230 Å².